The number of pyridine rings is 1. The minimum atomic E-state index is -4.63. The minimum Gasteiger partial charge on any atom is -0.351 e. The number of hydrogen-bond donors (Lipinski definition) is 1. The first-order valence-corrected chi connectivity index (χ1v) is 8.93. The largest absolute Gasteiger partial charge is 0.433 e. The van der Waals surface area contributed by atoms with Gasteiger partial charge in [-0.1, -0.05) is 17.3 Å². The van der Waals surface area contributed by atoms with Gasteiger partial charge in [-0.15, -0.1) is 0 Å². The third kappa shape index (κ3) is 5.93. The number of amidine groups is 1. The molecule has 0 atom stereocenters. The second-order valence-electron chi connectivity index (χ2n) is 6.62. The van der Waals surface area contributed by atoms with Gasteiger partial charge in [-0.05, 0) is 36.8 Å². The second-order valence-corrected chi connectivity index (χ2v) is 6.62. The molecular formula is C20H14F6N4O2. The summed E-state index contributed by atoms with van der Waals surface area (Å²) >= 11 is 0. The Morgan fingerprint density at radius 3 is 2.38 bits per heavy atom. The van der Waals surface area contributed by atoms with Crippen LogP contribution in [0.4, 0.5) is 32.0 Å². The number of carbonyl (C=O) groups is 1. The van der Waals surface area contributed by atoms with Crippen LogP contribution < -0.4 is 5.32 Å². The number of rotatable bonds is 4. The van der Waals surface area contributed by atoms with E-state index < -0.39 is 29.5 Å². The van der Waals surface area contributed by atoms with E-state index in [1.165, 1.54) is 12.1 Å². The molecule has 1 aromatic carbocycles. The van der Waals surface area contributed by atoms with Crippen LogP contribution in [0.15, 0.2) is 58.2 Å². The number of aliphatic imine (C=N–C) groups is 1. The van der Waals surface area contributed by atoms with Crippen molar-refractivity contribution in [3.05, 3.63) is 76.9 Å². The van der Waals surface area contributed by atoms with Gasteiger partial charge in [0.15, 0.2) is 0 Å². The van der Waals surface area contributed by atoms with Crippen LogP contribution in [-0.2, 0) is 18.8 Å². The molecular weight excluding hydrogens is 442 g/mol. The Morgan fingerprint density at radius 1 is 1.06 bits per heavy atom. The fourth-order valence-electron chi connectivity index (χ4n) is 2.57. The maximum atomic E-state index is 13.0. The molecule has 1 N–H and O–H groups in total. The number of carbonyl (C=O) groups excluding carboxylic acids is 1. The van der Waals surface area contributed by atoms with Crippen LogP contribution in [0.5, 0.6) is 0 Å². The lowest BCUT2D eigenvalue weighted by Gasteiger charge is -2.11. The van der Waals surface area contributed by atoms with Gasteiger partial charge in [0.1, 0.15) is 11.5 Å². The van der Waals surface area contributed by atoms with Crippen molar-refractivity contribution in [3.63, 3.8) is 0 Å². The van der Waals surface area contributed by atoms with Gasteiger partial charge in [-0.3, -0.25) is 9.78 Å². The van der Waals surface area contributed by atoms with Crippen LogP contribution in [0.2, 0.25) is 0 Å². The first kappa shape index (κ1) is 23.0. The molecule has 0 aliphatic carbocycles. The summed E-state index contributed by atoms with van der Waals surface area (Å²) in [5.74, 6) is -1.09. The fraction of sp³-hybridized carbons (Fsp3) is 0.200. The summed E-state index contributed by atoms with van der Waals surface area (Å²) in [4.78, 5) is 19.8. The van der Waals surface area contributed by atoms with E-state index in [0.717, 1.165) is 36.5 Å². The van der Waals surface area contributed by atoms with Gasteiger partial charge in [0.05, 0.1) is 16.9 Å². The van der Waals surface area contributed by atoms with Crippen molar-refractivity contribution in [2.75, 3.05) is 0 Å². The summed E-state index contributed by atoms with van der Waals surface area (Å²) < 4.78 is 81.9. The predicted molar refractivity (Wildman–Crippen MR) is 100 cm³/mol. The van der Waals surface area contributed by atoms with Gasteiger partial charge < -0.3 is 9.84 Å². The van der Waals surface area contributed by atoms with Crippen molar-refractivity contribution in [2.45, 2.75) is 25.7 Å². The summed E-state index contributed by atoms with van der Waals surface area (Å²) in [5.41, 5.74) is -1.54. The lowest BCUT2D eigenvalue weighted by Crippen LogP contribution is -2.31. The summed E-state index contributed by atoms with van der Waals surface area (Å²) in [6.07, 6.45) is -8.52. The molecule has 2 heterocycles. The maximum absolute atomic E-state index is 13.0. The van der Waals surface area contributed by atoms with E-state index in [0.29, 0.717) is 5.69 Å². The van der Waals surface area contributed by atoms with E-state index in [2.05, 4.69) is 20.4 Å². The van der Waals surface area contributed by atoms with Gasteiger partial charge in [0.25, 0.3) is 5.91 Å². The predicted octanol–water partition coefficient (Wildman–Crippen LogP) is 5.12. The van der Waals surface area contributed by atoms with Crippen molar-refractivity contribution in [3.8, 4) is 0 Å². The Hall–Kier alpha value is -3.70. The number of aryl methyl sites for hydroxylation is 1. The van der Waals surface area contributed by atoms with Crippen LogP contribution in [-0.4, -0.2) is 21.9 Å². The maximum Gasteiger partial charge on any atom is 0.433 e. The Morgan fingerprint density at radius 2 is 1.81 bits per heavy atom. The van der Waals surface area contributed by atoms with Crippen molar-refractivity contribution in [2.24, 2.45) is 4.99 Å². The smallest absolute Gasteiger partial charge is 0.351 e. The highest BCUT2D eigenvalue weighted by Gasteiger charge is 2.32. The monoisotopic (exact) mass is 456 g/mol. The number of alkyl halides is 6. The van der Waals surface area contributed by atoms with Gasteiger partial charge in [-0.25, -0.2) is 4.99 Å². The van der Waals surface area contributed by atoms with Gasteiger partial charge in [0.2, 0.25) is 5.76 Å². The molecule has 0 radical (unpaired) electrons. The van der Waals surface area contributed by atoms with E-state index in [9.17, 15) is 31.1 Å². The van der Waals surface area contributed by atoms with Crippen LogP contribution in [0.3, 0.4) is 0 Å². The quantitative estimate of drug-likeness (QED) is 0.336. The molecule has 0 saturated carbocycles. The summed E-state index contributed by atoms with van der Waals surface area (Å²) in [6, 6.07) is 7.26. The summed E-state index contributed by atoms with van der Waals surface area (Å²) in [7, 11) is 0. The Balaban J connectivity index is 1.92. The van der Waals surface area contributed by atoms with Gasteiger partial charge >= 0.3 is 12.4 Å². The molecule has 168 valence electrons. The molecule has 1 amide bonds. The average Bonchev–Trinajstić information content (AvgIpc) is 3.14. The second kappa shape index (κ2) is 8.81. The third-order valence-electron chi connectivity index (χ3n) is 4.03. The first-order chi connectivity index (χ1) is 14.9. The van der Waals surface area contributed by atoms with E-state index in [-0.39, 0.29) is 29.3 Å². The molecule has 3 aromatic rings. The van der Waals surface area contributed by atoms with Gasteiger partial charge in [0, 0.05) is 18.7 Å². The number of aromatic nitrogens is 2. The van der Waals surface area contributed by atoms with Gasteiger partial charge in [-0.2, -0.15) is 26.3 Å². The molecule has 0 spiro atoms. The average molecular weight is 456 g/mol. The van der Waals surface area contributed by atoms with Crippen LogP contribution in [0.1, 0.15) is 33.1 Å². The molecule has 6 nitrogen and oxygen atoms in total. The number of nitrogens with zero attached hydrogens (tertiary/aromatic N) is 3. The van der Waals surface area contributed by atoms with E-state index in [1.54, 1.807) is 6.92 Å². The van der Waals surface area contributed by atoms with E-state index >= 15 is 0 Å². The molecule has 0 bridgehead atoms. The number of hydrogen-bond acceptors (Lipinski definition) is 5. The molecule has 12 heteroatoms. The van der Waals surface area contributed by atoms with E-state index in [1.807, 2.05) is 0 Å². The Bertz CT molecular complexity index is 1130. The normalized spacial score (nSPS) is 12.7. The van der Waals surface area contributed by atoms with E-state index in [4.69, 9.17) is 4.52 Å². The highest BCUT2D eigenvalue weighted by atomic mass is 19.4. The summed E-state index contributed by atoms with van der Waals surface area (Å²) in [6.45, 7) is 1.58. The molecule has 0 saturated heterocycles. The highest BCUT2D eigenvalue weighted by Crippen LogP contribution is 2.31. The molecule has 0 unspecified atom stereocenters. The zero-order valence-electron chi connectivity index (χ0n) is 16.3. The van der Waals surface area contributed by atoms with Crippen LogP contribution in [0, 0.1) is 6.92 Å². The Kier molecular flexibility index (Phi) is 6.32. The number of nitrogens with one attached hydrogen (secondary N) is 1. The molecule has 3 rings (SSSR count). The molecule has 32 heavy (non-hydrogen) atoms. The molecule has 2 aromatic heterocycles. The zero-order valence-corrected chi connectivity index (χ0v) is 16.3. The number of benzene rings is 1. The summed E-state index contributed by atoms with van der Waals surface area (Å²) in [5, 5.41) is 5.96. The SMILES string of the molecule is Cc1cc(C(=O)NC(Cc2ccc(C(F)(F)F)nc2)=Nc2cccc(C(F)(F)F)c2)on1. The van der Waals surface area contributed by atoms with Crippen molar-refractivity contribution < 1.29 is 35.7 Å². The topological polar surface area (TPSA) is 80.4 Å². The van der Waals surface area contributed by atoms with Crippen molar-refractivity contribution >= 4 is 17.4 Å². The standard InChI is InChI=1S/C20H14F6N4O2/c1-11-7-15(32-30-11)18(31)29-17(8-12-5-6-16(27-10-12)20(24,25)26)28-14-4-2-3-13(9-14)19(21,22)23/h2-7,9-10H,8H2,1H3,(H,28,29,31). The Labute approximate surface area is 177 Å². The van der Waals surface area contributed by atoms with Crippen molar-refractivity contribution in [1.82, 2.24) is 15.5 Å². The zero-order chi connectivity index (χ0) is 23.5. The lowest BCUT2D eigenvalue weighted by atomic mass is 10.1. The fourth-order valence-corrected chi connectivity index (χ4v) is 2.57. The molecule has 0 fully saturated rings. The highest BCUT2D eigenvalue weighted by molar-refractivity contribution is 6.06. The minimum absolute atomic E-state index is 0.122. The molecule has 0 aliphatic heterocycles. The molecule has 0 aliphatic rings. The number of halogens is 6. The van der Waals surface area contributed by atoms with Crippen molar-refractivity contribution in [1.29, 1.82) is 0 Å². The first-order valence-electron chi connectivity index (χ1n) is 8.93. The lowest BCUT2D eigenvalue weighted by molar-refractivity contribution is -0.141. The van der Waals surface area contributed by atoms with Crippen LogP contribution >= 0.6 is 0 Å². The van der Waals surface area contributed by atoms with Crippen LogP contribution in [0.25, 0.3) is 0 Å². The number of amides is 1. The third-order valence-corrected chi connectivity index (χ3v) is 4.03.